The third-order valence-corrected chi connectivity index (χ3v) is 8.11. The molecular weight excluding hydrogens is 556 g/mol. The van der Waals surface area contributed by atoms with Crippen LogP contribution in [-0.2, 0) is 22.3 Å². The van der Waals surface area contributed by atoms with Crippen molar-refractivity contribution in [2.75, 3.05) is 94.9 Å². The van der Waals surface area contributed by atoms with Crippen LogP contribution in [0.3, 0.4) is 0 Å². The van der Waals surface area contributed by atoms with Crippen molar-refractivity contribution in [1.82, 2.24) is 29.7 Å². The molecule has 0 saturated carbocycles. The molecule has 12 nitrogen and oxygen atoms in total. The number of methoxy groups -OCH3 is 1. The molecule has 0 bridgehead atoms. The molecule has 2 aromatic rings. The van der Waals surface area contributed by atoms with Crippen LogP contribution >= 0.6 is 0 Å². The summed E-state index contributed by atoms with van der Waals surface area (Å²) in [7, 11) is 3.88. The third-order valence-electron chi connectivity index (χ3n) is 8.11. The van der Waals surface area contributed by atoms with Gasteiger partial charge in [-0.3, -0.25) is 4.90 Å². The second kappa shape index (κ2) is 19.6. The maximum absolute atomic E-state index is 6.13. The summed E-state index contributed by atoms with van der Waals surface area (Å²) in [6, 6.07) is 0. The summed E-state index contributed by atoms with van der Waals surface area (Å²) < 4.78 is 10.7. The topological polar surface area (TPSA) is 139 Å². The number of rotatable bonds is 21. The van der Waals surface area contributed by atoms with E-state index < -0.39 is 0 Å². The van der Waals surface area contributed by atoms with Gasteiger partial charge in [-0.25, -0.2) is 9.97 Å². The molecule has 3 rings (SSSR count). The van der Waals surface area contributed by atoms with Crippen LogP contribution in [0, 0.1) is 13.8 Å². The molecule has 1 aliphatic rings. The van der Waals surface area contributed by atoms with Crippen LogP contribution < -0.4 is 21.7 Å². The van der Waals surface area contributed by atoms with Gasteiger partial charge in [0.25, 0.3) is 0 Å². The van der Waals surface area contributed by atoms with E-state index in [1.54, 1.807) is 7.11 Å². The second-order valence-electron chi connectivity index (χ2n) is 11.8. The first-order valence-electron chi connectivity index (χ1n) is 16.6. The number of aromatic nitrogens is 4. The Morgan fingerprint density at radius 3 is 2.36 bits per heavy atom. The maximum Gasteiger partial charge on any atom is 0.226 e. The highest BCUT2D eigenvalue weighted by molar-refractivity contribution is 5.53. The van der Waals surface area contributed by atoms with Crippen molar-refractivity contribution in [1.29, 1.82) is 0 Å². The number of likely N-dealkylation sites (N-methyl/N-ethyl adjacent to an activating group) is 1. The summed E-state index contributed by atoms with van der Waals surface area (Å²) in [5.74, 6) is 2.61. The van der Waals surface area contributed by atoms with Crippen LogP contribution in [0.5, 0.6) is 0 Å². The van der Waals surface area contributed by atoms with Gasteiger partial charge in [-0.1, -0.05) is 26.7 Å². The number of nitrogens with zero attached hydrogens (tertiary/aromatic N) is 6. The van der Waals surface area contributed by atoms with Crippen LogP contribution in [0.1, 0.15) is 74.9 Å². The summed E-state index contributed by atoms with van der Waals surface area (Å²) in [6.45, 7) is 16.7. The lowest BCUT2D eigenvalue weighted by Crippen LogP contribution is -2.37. The van der Waals surface area contributed by atoms with Gasteiger partial charge in [-0.15, -0.1) is 0 Å². The third kappa shape index (κ3) is 11.9. The first kappa shape index (κ1) is 35.7. The summed E-state index contributed by atoms with van der Waals surface area (Å²) in [5, 5.41) is 10.8. The molecule has 0 radical (unpaired) electrons. The molecule has 3 heterocycles. The zero-order valence-electron chi connectivity index (χ0n) is 28.2. The van der Waals surface area contributed by atoms with Gasteiger partial charge >= 0.3 is 0 Å². The van der Waals surface area contributed by atoms with E-state index in [1.807, 2.05) is 6.92 Å². The molecule has 0 aliphatic carbocycles. The number of nitrogen functional groups attached to an aromatic ring is 1. The lowest BCUT2D eigenvalue weighted by molar-refractivity contribution is 0.0374. The average Bonchev–Trinajstić information content (AvgIpc) is 2.99. The average molecular weight is 615 g/mol. The number of nitrogens with two attached hydrogens (primary N) is 1. The fraction of sp³-hybridized carbons (Fsp3) is 0.750. The quantitative estimate of drug-likeness (QED) is 0.119. The molecule has 12 heteroatoms. The smallest absolute Gasteiger partial charge is 0.226 e. The standard InChI is InChI=1S/C32H58N10O2/c1-7-9-15-34-29-26(13-10-16-41(5)18-21-43-6)25(4)36-32(40-29)38-28(12-8-2)37-30-27(24(3)35-31(33)39-30)14-11-17-42-19-22-44-23-20-42/h28H,7-23H2,1-6H3,(H3,33,35,37,39)(H2,34,36,38,40). The van der Waals surface area contributed by atoms with E-state index in [1.165, 1.54) is 5.56 Å². The molecular formula is C32H58N10O2. The normalized spacial score (nSPS) is 14.6. The van der Waals surface area contributed by atoms with E-state index >= 15 is 0 Å². The summed E-state index contributed by atoms with van der Waals surface area (Å²) in [5.41, 5.74) is 10.3. The Hall–Kier alpha value is -2.80. The highest BCUT2D eigenvalue weighted by Crippen LogP contribution is 2.24. The Bertz CT molecular complexity index is 1110. The molecule has 248 valence electrons. The number of hydrogen-bond acceptors (Lipinski definition) is 12. The van der Waals surface area contributed by atoms with Crippen molar-refractivity contribution >= 4 is 23.5 Å². The molecule has 0 amide bonds. The highest BCUT2D eigenvalue weighted by atomic mass is 16.5. The lowest BCUT2D eigenvalue weighted by Gasteiger charge is -2.27. The molecule has 0 spiro atoms. The Kier molecular flexibility index (Phi) is 15.9. The molecule has 1 aliphatic heterocycles. The van der Waals surface area contributed by atoms with Crippen LogP contribution in [0.25, 0.3) is 0 Å². The zero-order valence-corrected chi connectivity index (χ0v) is 28.2. The van der Waals surface area contributed by atoms with E-state index in [4.69, 9.17) is 25.2 Å². The molecule has 1 saturated heterocycles. The van der Waals surface area contributed by atoms with Crippen molar-refractivity contribution in [2.24, 2.45) is 0 Å². The molecule has 0 aromatic carbocycles. The Balaban J connectivity index is 1.74. The van der Waals surface area contributed by atoms with Crippen molar-refractivity contribution in [3.63, 3.8) is 0 Å². The van der Waals surface area contributed by atoms with Crippen molar-refractivity contribution in [3.8, 4) is 0 Å². The first-order chi connectivity index (χ1) is 21.3. The van der Waals surface area contributed by atoms with E-state index in [2.05, 4.69) is 63.5 Å². The predicted molar refractivity (Wildman–Crippen MR) is 181 cm³/mol. The maximum atomic E-state index is 6.13. The lowest BCUT2D eigenvalue weighted by atomic mass is 10.1. The molecule has 1 fully saturated rings. The summed E-state index contributed by atoms with van der Waals surface area (Å²) in [4.78, 5) is 23.8. The Labute approximate surface area is 265 Å². The van der Waals surface area contributed by atoms with Gasteiger partial charge in [0.05, 0.1) is 19.8 Å². The number of unbranched alkanes of at least 4 members (excludes halogenated alkanes) is 1. The van der Waals surface area contributed by atoms with Crippen molar-refractivity contribution < 1.29 is 9.47 Å². The van der Waals surface area contributed by atoms with Crippen LogP contribution in [0.15, 0.2) is 0 Å². The van der Waals surface area contributed by atoms with Crippen LogP contribution in [-0.4, -0.2) is 109 Å². The van der Waals surface area contributed by atoms with E-state index in [9.17, 15) is 0 Å². The number of aryl methyl sites for hydroxylation is 2. The van der Waals surface area contributed by atoms with Gasteiger partial charge in [-0.2, -0.15) is 9.97 Å². The number of ether oxygens (including phenoxy) is 2. The molecule has 1 atom stereocenters. The van der Waals surface area contributed by atoms with Crippen LogP contribution in [0.4, 0.5) is 23.5 Å². The minimum atomic E-state index is -0.116. The Morgan fingerprint density at radius 1 is 0.909 bits per heavy atom. The fourth-order valence-electron chi connectivity index (χ4n) is 5.50. The van der Waals surface area contributed by atoms with Crippen molar-refractivity contribution in [3.05, 3.63) is 22.5 Å². The fourth-order valence-corrected chi connectivity index (χ4v) is 5.50. The van der Waals surface area contributed by atoms with Gasteiger partial charge < -0.3 is 36.1 Å². The predicted octanol–water partition coefficient (Wildman–Crippen LogP) is 4.10. The highest BCUT2D eigenvalue weighted by Gasteiger charge is 2.19. The first-order valence-corrected chi connectivity index (χ1v) is 16.6. The summed E-state index contributed by atoms with van der Waals surface area (Å²) >= 11 is 0. The van der Waals surface area contributed by atoms with Gasteiger partial charge in [0.1, 0.15) is 17.8 Å². The molecule has 5 N–H and O–H groups in total. The van der Waals surface area contributed by atoms with Gasteiger partial charge in [0.15, 0.2) is 0 Å². The van der Waals surface area contributed by atoms with E-state index in [0.29, 0.717) is 5.95 Å². The summed E-state index contributed by atoms with van der Waals surface area (Å²) in [6.07, 6.45) is 7.79. The van der Waals surface area contributed by atoms with Gasteiger partial charge in [0.2, 0.25) is 11.9 Å². The van der Waals surface area contributed by atoms with Crippen LogP contribution in [0.2, 0.25) is 0 Å². The number of morpholine rings is 1. The van der Waals surface area contributed by atoms with E-state index in [-0.39, 0.29) is 12.1 Å². The Morgan fingerprint density at radius 2 is 1.64 bits per heavy atom. The molecule has 2 aromatic heterocycles. The minimum Gasteiger partial charge on any atom is -0.383 e. The minimum absolute atomic E-state index is 0.116. The number of anilines is 4. The van der Waals surface area contributed by atoms with E-state index in [0.717, 1.165) is 139 Å². The number of nitrogens with one attached hydrogen (secondary N) is 3. The largest absolute Gasteiger partial charge is 0.383 e. The van der Waals surface area contributed by atoms with Crippen molar-refractivity contribution in [2.45, 2.75) is 85.2 Å². The molecule has 44 heavy (non-hydrogen) atoms. The van der Waals surface area contributed by atoms with Gasteiger partial charge in [-0.05, 0) is 72.5 Å². The number of hydrogen-bond donors (Lipinski definition) is 4. The molecule has 1 unspecified atom stereocenters. The zero-order chi connectivity index (χ0) is 31.7. The monoisotopic (exact) mass is 614 g/mol. The SMILES string of the molecule is CCCCNc1nc(NC(CCC)Nc2nc(N)nc(C)c2CCCN2CCOCC2)nc(C)c1CCCN(C)CCOC. The second-order valence-corrected chi connectivity index (χ2v) is 11.8. The van der Waals surface area contributed by atoms with Gasteiger partial charge in [0, 0.05) is 55.8 Å².